The Balaban J connectivity index is 0.00000264. The molecule has 1 aromatic heterocycles. The molecule has 1 atom stereocenters. The van der Waals surface area contributed by atoms with Crippen LogP contribution in [0.3, 0.4) is 0 Å². The van der Waals surface area contributed by atoms with Gasteiger partial charge < -0.3 is 14.8 Å². The van der Waals surface area contributed by atoms with Gasteiger partial charge in [0.2, 0.25) is 5.91 Å². The van der Waals surface area contributed by atoms with E-state index in [0.717, 1.165) is 51.4 Å². The molecule has 1 N–H and O–H groups in total. The van der Waals surface area contributed by atoms with Crippen molar-refractivity contribution in [3.8, 4) is 0 Å². The maximum atomic E-state index is 12.6. The zero-order valence-electron chi connectivity index (χ0n) is 14.5. The lowest BCUT2D eigenvalue weighted by atomic mass is 10.1. The average molecular weight is 344 g/mol. The molecule has 1 amide bonds. The second-order valence-electron chi connectivity index (χ2n) is 5.97. The summed E-state index contributed by atoms with van der Waals surface area (Å²) in [6, 6.07) is 0.169. The Kier molecular flexibility index (Phi) is 8.58. The summed E-state index contributed by atoms with van der Waals surface area (Å²) in [7, 11) is 2.01. The third kappa shape index (κ3) is 5.19. The lowest BCUT2D eigenvalue weighted by Crippen LogP contribution is -2.51. The summed E-state index contributed by atoms with van der Waals surface area (Å²) in [6.45, 7) is 9.09. The Morgan fingerprint density at radius 1 is 1.39 bits per heavy atom. The summed E-state index contributed by atoms with van der Waals surface area (Å²) >= 11 is 0. The van der Waals surface area contributed by atoms with Crippen LogP contribution in [0.1, 0.15) is 38.6 Å². The first kappa shape index (κ1) is 19.9. The number of carbonyl (C=O) groups is 1. The zero-order valence-corrected chi connectivity index (χ0v) is 15.3. The molecule has 1 aromatic rings. The fourth-order valence-electron chi connectivity index (χ4n) is 3.06. The van der Waals surface area contributed by atoms with E-state index >= 15 is 0 Å². The van der Waals surface area contributed by atoms with Crippen molar-refractivity contribution in [1.82, 2.24) is 24.7 Å². The molecule has 132 valence electrons. The van der Waals surface area contributed by atoms with Gasteiger partial charge in [-0.1, -0.05) is 13.8 Å². The number of nitrogens with zero attached hydrogens (tertiary/aromatic N) is 4. The minimum Gasteiger partial charge on any atom is -0.342 e. The van der Waals surface area contributed by atoms with E-state index in [1.165, 1.54) is 0 Å². The topological polar surface area (TPSA) is 53.4 Å². The van der Waals surface area contributed by atoms with Crippen LogP contribution in [0.4, 0.5) is 0 Å². The van der Waals surface area contributed by atoms with Crippen molar-refractivity contribution in [1.29, 1.82) is 0 Å². The molecule has 2 rings (SSSR count). The molecule has 1 fully saturated rings. The normalized spacial score (nSPS) is 18.5. The second-order valence-corrected chi connectivity index (χ2v) is 5.97. The number of nitrogens with one attached hydrogen (secondary N) is 1. The number of amides is 1. The summed E-state index contributed by atoms with van der Waals surface area (Å²) in [5.74, 6) is 1.27. The highest BCUT2D eigenvalue weighted by Crippen LogP contribution is 2.20. The van der Waals surface area contributed by atoms with Gasteiger partial charge in [0.05, 0.1) is 12.6 Å². The van der Waals surface area contributed by atoms with Gasteiger partial charge in [-0.25, -0.2) is 4.98 Å². The van der Waals surface area contributed by atoms with Gasteiger partial charge in [-0.05, 0) is 12.8 Å². The van der Waals surface area contributed by atoms with Gasteiger partial charge in [0.25, 0.3) is 0 Å². The number of halogens is 1. The fraction of sp³-hybridized carbons (Fsp3) is 0.750. The quantitative estimate of drug-likeness (QED) is 0.814. The fourth-order valence-corrected chi connectivity index (χ4v) is 3.06. The maximum absolute atomic E-state index is 12.6. The summed E-state index contributed by atoms with van der Waals surface area (Å²) in [5.41, 5.74) is 0. The van der Waals surface area contributed by atoms with Gasteiger partial charge >= 0.3 is 0 Å². The van der Waals surface area contributed by atoms with Gasteiger partial charge in [0.1, 0.15) is 5.82 Å². The van der Waals surface area contributed by atoms with Crippen LogP contribution in [0.2, 0.25) is 0 Å². The first-order chi connectivity index (χ1) is 10.7. The maximum Gasteiger partial charge on any atom is 0.236 e. The van der Waals surface area contributed by atoms with E-state index in [4.69, 9.17) is 0 Å². The molecule has 23 heavy (non-hydrogen) atoms. The summed E-state index contributed by atoms with van der Waals surface area (Å²) in [5, 5.41) is 3.41. The smallest absolute Gasteiger partial charge is 0.236 e. The Hall–Kier alpha value is -1.11. The van der Waals surface area contributed by atoms with Crippen LogP contribution in [0.25, 0.3) is 0 Å². The number of hydrogen-bond donors (Lipinski definition) is 1. The molecule has 1 unspecified atom stereocenters. The molecule has 6 nitrogen and oxygen atoms in total. The van der Waals surface area contributed by atoms with Crippen LogP contribution in [0.15, 0.2) is 12.4 Å². The van der Waals surface area contributed by atoms with Crippen LogP contribution in [-0.2, 0) is 11.8 Å². The predicted molar refractivity (Wildman–Crippen MR) is 94.8 cm³/mol. The van der Waals surface area contributed by atoms with Crippen LogP contribution < -0.4 is 5.32 Å². The lowest BCUT2D eigenvalue weighted by molar-refractivity contribution is -0.133. The summed E-state index contributed by atoms with van der Waals surface area (Å²) in [4.78, 5) is 21.4. The van der Waals surface area contributed by atoms with Crippen LogP contribution >= 0.6 is 12.4 Å². The first-order valence-electron chi connectivity index (χ1n) is 8.37. The molecule has 0 radical (unpaired) electrons. The van der Waals surface area contributed by atoms with Gasteiger partial charge in [0.15, 0.2) is 0 Å². The molecule has 0 spiro atoms. The van der Waals surface area contributed by atoms with Gasteiger partial charge in [-0.2, -0.15) is 0 Å². The van der Waals surface area contributed by atoms with E-state index in [9.17, 15) is 4.79 Å². The molecule has 0 aromatic carbocycles. The first-order valence-corrected chi connectivity index (χ1v) is 8.37. The van der Waals surface area contributed by atoms with Crippen molar-refractivity contribution in [2.45, 2.75) is 32.7 Å². The van der Waals surface area contributed by atoms with Crippen molar-refractivity contribution < 1.29 is 4.79 Å². The number of aromatic nitrogens is 2. The second kappa shape index (κ2) is 9.90. The zero-order chi connectivity index (χ0) is 15.9. The Morgan fingerprint density at radius 3 is 2.65 bits per heavy atom. The lowest BCUT2D eigenvalue weighted by Gasteiger charge is -2.36. The third-order valence-electron chi connectivity index (χ3n) is 4.19. The van der Waals surface area contributed by atoms with E-state index in [1.807, 2.05) is 28.9 Å². The molecule has 1 aliphatic rings. The van der Waals surface area contributed by atoms with Gasteiger partial charge in [0, 0.05) is 52.2 Å². The number of carbonyl (C=O) groups excluding carboxylic acids is 1. The highest BCUT2D eigenvalue weighted by Gasteiger charge is 2.29. The minimum absolute atomic E-state index is 0. The van der Waals surface area contributed by atoms with E-state index in [1.54, 1.807) is 0 Å². The van der Waals surface area contributed by atoms with Crippen molar-refractivity contribution in [2.75, 3.05) is 39.3 Å². The monoisotopic (exact) mass is 343 g/mol. The highest BCUT2D eigenvalue weighted by molar-refractivity contribution is 5.85. The summed E-state index contributed by atoms with van der Waals surface area (Å²) < 4.78 is 2.05. The Labute approximate surface area is 145 Å². The van der Waals surface area contributed by atoms with Crippen molar-refractivity contribution in [2.24, 2.45) is 7.05 Å². The number of imidazole rings is 1. The average Bonchev–Trinajstić information content (AvgIpc) is 2.93. The van der Waals surface area contributed by atoms with E-state index in [0.29, 0.717) is 6.54 Å². The number of hydrogen-bond acceptors (Lipinski definition) is 4. The Bertz CT molecular complexity index is 473. The SMILES string of the molecule is CCCN(CCC)C(=O)CN1CCNCC1c1nccn1C.Cl. The van der Waals surface area contributed by atoms with Crippen LogP contribution in [0.5, 0.6) is 0 Å². The van der Waals surface area contributed by atoms with Gasteiger partial charge in [-0.15, -0.1) is 12.4 Å². The van der Waals surface area contributed by atoms with Crippen molar-refractivity contribution in [3.63, 3.8) is 0 Å². The van der Waals surface area contributed by atoms with Crippen molar-refractivity contribution in [3.05, 3.63) is 18.2 Å². The molecule has 0 saturated carbocycles. The van der Waals surface area contributed by atoms with E-state index in [2.05, 4.69) is 29.0 Å². The highest BCUT2D eigenvalue weighted by atomic mass is 35.5. The van der Waals surface area contributed by atoms with E-state index in [-0.39, 0.29) is 24.4 Å². The molecular formula is C16H30ClN5O. The van der Waals surface area contributed by atoms with Crippen LogP contribution in [-0.4, -0.2) is 64.5 Å². The molecule has 1 saturated heterocycles. The molecular weight excluding hydrogens is 314 g/mol. The predicted octanol–water partition coefficient (Wildman–Crippen LogP) is 1.44. The number of aryl methyl sites for hydroxylation is 1. The van der Waals surface area contributed by atoms with Crippen molar-refractivity contribution >= 4 is 18.3 Å². The van der Waals surface area contributed by atoms with Gasteiger partial charge in [-0.3, -0.25) is 9.69 Å². The molecule has 0 bridgehead atoms. The molecule has 2 heterocycles. The third-order valence-corrected chi connectivity index (χ3v) is 4.19. The minimum atomic E-state index is 0. The van der Waals surface area contributed by atoms with Crippen LogP contribution in [0, 0.1) is 0 Å². The Morgan fingerprint density at radius 2 is 2.09 bits per heavy atom. The molecule has 0 aliphatic carbocycles. The van der Waals surface area contributed by atoms with E-state index < -0.39 is 0 Å². The largest absolute Gasteiger partial charge is 0.342 e. The number of piperazine rings is 1. The number of rotatable bonds is 7. The molecule has 7 heteroatoms. The standard InChI is InChI=1S/C16H29N5O.ClH/c1-4-8-20(9-5-2)15(22)13-21-11-6-17-12-14(21)16-18-7-10-19(16)3;/h7,10,14,17H,4-6,8-9,11-13H2,1-3H3;1H. The summed E-state index contributed by atoms with van der Waals surface area (Å²) in [6.07, 6.45) is 5.81. The molecule has 1 aliphatic heterocycles.